The molecule has 2 heterocycles. The molecule has 24 heavy (non-hydrogen) atoms. The van der Waals surface area contributed by atoms with Crippen molar-refractivity contribution in [1.29, 1.82) is 0 Å². The van der Waals surface area contributed by atoms with Crippen molar-refractivity contribution in [2.45, 2.75) is 32.0 Å². The lowest BCUT2D eigenvalue weighted by Gasteiger charge is -2.30. The molecule has 0 fully saturated rings. The van der Waals surface area contributed by atoms with Crippen molar-refractivity contribution in [3.8, 4) is 0 Å². The summed E-state index contributed by atoms with van der Waals surface area (Å²) >= 11 is 0. The molecule has 2 atom stereocenters. The maximum Gasteiger partial charge on any atom is 0.141 e. The summed E-state index contributed by atoms with van der Waals surface area (Å²) in [7, 11) is 0. The van der Waals surface area contributed by atoms with E-state index in [4.69, 9.17) is 0 Å². The van der Waals surface area contributed by atoms with Gasteiger partial charge in [0.05, 0.1) is 12.3 Å². The van der Waals surface area contributed by atoms with Gasteiger partial charge in [0.15, 0.2) is 0 Å². The molecule has 128 valence electrons. The summed E-state index contributed by atoms with van der Waals surface area (Å²) in [6, 6.07) is 9.90. The van der Waals surface area contributed by atoms with Gasteiger partial charge in [0.2, 0.25) is 0 Å². The topological polar surface area (TPSA) is 48.4 Å². The van der Waals surface area contributed by atoms with Crippen molar-refractivity contribution in [3.63, 3.8) is 0 Å². The summed E-state index contributed by atoms with van der Waals surface area (Å²) in [5, 5.41) is 13.6. The number of halogens is 1. The highest BCUT2D eigenvalue weighted by Crippen LogP contribution is 2.18. The van der Waals surface area contributed by atoms with Gasteiger partial charge in [0.25, 0.3) is 0 Å². The van der Waals surface area contributed by atoms with E-state index in [1.807, 2.05) is 6.92 Å². The minimum absolute atomic E-state index is 0.0510. The number of nitrogens with zero attached hydrogens (tertiary/aromatic N) is 2. The minimum atomic E-state index is -0.459. The van der Waals surface area contributed by atoms with Crippen molar-refractivity contribution in [1.82, 2.24) is 15.2 Å². The number of nitrogens with one attached hydrogen (secondary N) is 1. The molecule has 0 saturated heterocycles. The first-order valence-corrected chi connectivity index (χ1v) is 8.43. The highest BCUT2D eigenvalue weighted by Gasteiger charge is 2.18. The Morgan fingerprint density at radius 1 is 1.29 bits per heavy atom. The molecule has 0 aliphatic carbocycles. The molecule has 2 unspecified atom stereocenters. The molecule has 3 rings (SSSR count). The molecule has 0 bridgehead atoms. The second-order valence-corrected chi connectivity index (χ2v) is 6.47. The fourth-order valence-corrected chi connectivity index (χ4v) is 3.17. The third-order valence-corrected chi connectivity index (χ3v) is 4.56. The van der Waals surface area contributed by atoms with Crippen molar-refractivity contribution >= 4 is 0 Å². The van der Waals surface area contributed by atoms with Gasteiger partial charge in [-0.2, -0.15) is 0 Å². The van der Waals surface area contributed by atoms with Gasteiger partial charge < -0.3 is 10.4 Å². The SMILES string of the molecule is CC(NCC(O)CN1CCc2ccccc2C1)c1cncc(F)c1. The standard InChI is InChI=1S/C19H24FN3O/c1-14(17-8-18(20)10-21-9-17)22-11-19(24)13-23-7-6-15-4-2-3-5-16(15)12-23/h2-5,8-10,14,19,22,24H,6-7,11-13H2,1H3. The second-order valence-electron chi connectivity index (χ2n) is 6.47. The van der Waals surface area contributed by atoms with Crippen molar-refractivity contribution < 1.29 is 9.50 Å². The number of benzene rings is 1. The number of hydrogen-bond donors (Lipinski definition) is 2. The Bertz CT molecular complexity index is 679. The van der Waals surface area contributed by atoms with Crippen LogP contribution in [0.5, 0.6) is 0 Å². The fourth-order valence-electron chi connectivity index (χ4n) is 3.17. The predicted octanol–water partition coefficient (Wildman–Crippen LogP) is 2.29. The molecule has 0 amide bonds. The quantitative estimate of drug-likeness (QED) is 0.854. The van der Waals surface area contributed by atoms with Crippen LogP contribution >= 0.6 is 0 Å². The first-order chi connectivity index (χ1) is 11.6. The molecule has 5 heteroatoms. The number of aliphatic hydroxyl groups excluding tert-OH is 1. The Balaban J connectivity index is 1.47. The molecule has 0 saturated carbocycles. The third-order valence-electron chi connectivity index (χ3n) is 4.56. The summed E-state index contributed by atoms with van der Waals surface area (Å²) in [6.07, 6.45) is 3.41. The lowest BCUT2D eigenvalue weighted by molar-refractivity contribution is 0.102. The van der Waals surface area contributed by atoms with Crippen LogP contribution in [0.15, 0.2) is 42.7 Å². The normalized spacial score (nSPS) is 17.3. The minimum Gasteiger partial charge on any atom is -0.390 e. The van der Waals surface area contributed by atoms with Gasteiger partial charge in [-0.3, -0.25) is 9.88 Å². The summed E-state index contributed by atoms with van der Waals surface area (Å²) in [4.78, 5) is 6.14. The van der Waals surface area contributed by atoms with Crippen LogP contribution in [0.25, 0.3) is 0 Å². The van der Waals surface area contributed by atoms with E-state index >= 15 is 0 Å². The lowest BCUT2D eigenvalue weighted by atomic mass is 10.00. The molecule has 1 aromatic heterocycles. The first kappa shape index (κ1) is 17.0. The van der Waals surface area contributed by atoms with E-state index in [-0.39, 0.29) is 11.9 Å². The van der Waals surface area contributed by atoms with Crippen molar-refractivity contribution in [2.75, 3.05) is 19.6 Å². The van der Waals surface area contributed by atoms with Crippen LogP contribution in [0, 0.1) is 5.82 Å². The molecule has 4 nitrogen and oxygen atoms in total. The average molecular weight is 329 g/mol. The molecule has 0 spiro atoms. The van der Waals surface area contributed by atoms with Crippen LogP contribution in [-0.2, 0) is 13.0 Å². The van der Waals surface area contributed by atoms with Crippen LogP contribution in [0.4, 0.5) is 4.39 Å². The van der Waals surface area contributed by atoms with Gasteiger partial charge in [-0.15, -0.1) is 0 Å². The van der Waals surface area contributed by atoms with E-state index < -0.39 is 6.10 Å². The zero-order valence-electron chi connectivity index (χ0n) is 14.0. The Morgan fingerprint density at radius 2 is 2.08 bits per heavy atom. The molecular formula is C19H24FN3O. The molecule has 2 N–H and O–H groups in total. The van der Waals surface area contributed by atoms with E-state index in [2.05, 4.69) is 39.5 Å². The monoisotopic (exact) mass is 329 g/mol. The molecule has 1 aliphatic rings. The summed E-state index contributed by atoms with van der Waals surface area (Å²) in [6.45, 7) is 4.90. The first-order valence-electron chi connectivity index (χ1n) is 8.43. The number of aromatic nitrogens is 1. The van der Waals surface area contributed by atoms with Crippen LogP contribution in [0.3, 0.4) is 0 Å². The highest BCUT2D eigenvalue weighted by atomic mass is 19.1. The maximum atomic E-state index is 13.2. The Labute approximate surface area is 142 Å². The van der Waals surface area contributed by atoms with E-state index in [9.17, 15) is 9.50 Å². The zero-order valence-corrected chi connectivity index (χ0v) is 14.0. The predicted molar refractivity (Wildman–Crippen MR) is 92.0 cm³/mol. The number of fused-ring (bicyclic) bond motifs is 1. The fraction of sp³-hybridized carbons (Fsp3) is 0.421. The van der Waals surface area contributed by atoms with Gasteiger partial charge in [0, 0.05) is 38.4 Å². The molecule has 1 aliphatic heterocycles. The number of hydrogen-bond acceptors (Lipinski definition) is 4. The number of β-amino-alcohol motifs (C(OH)–C–C–N with tert-alkyl or cyclic N) is 1. The molecular weight excluding hydrogens is 305 g/mol. The average Bonchev–Trinajstić information content (AvgIpc) is 2.59. The van der Waals surface area contributed by atoms with Gasteiger partial charge in [0.1, 0.15) is 5.82 Å². The maximum absolute atomic E-state index is 13.2. The van der Waals surface area contributed by atoms with Crippen molar-refractivity contribution in [2.24, 2.45) is 0 Å². The van der Waals surface area contributed by atoms with Gasteiger partial charge in [-0.05, 0) is 36.1 Å². The highest BCUT2D eigenvalue weighted by molar-refractivity contribution is 5.29. The Morgan fingerprint density at radius 3 is 2.88 bits per heavy atom. The van der Waals surface area contributed by atoms with Crippen LogP contribution in [0.2, 0.25) is 0 Å². The van der Waals surface area contributed by atoms with E-state index in [1.165, 1.54) is 23.4 Å². The largest absolute Gasteiger partial charge is 0.390 e. The second kappa shape index (κ2) is 7.83. The summed E-state index contributed by atoms with van der Waals surface area (Å²) in [5.41, 5.74) is 3.55. The van der Waals surface area contributed by atoms with Gasteiger partial charge in [-0.25, -0.2) is 4.39 Å². The van der Waals surface area contributed by atoms with E-state index in [0.29, 0.717) is 13.1 Å². The van der Waals surface area contributed by atoms with Crippen LogP contribution in [-0.4, -0.2) is 40.7 Å². The molecule has 2 aromatic rings. The third kappa shape index (κ3) is 4.38. The molecule has 1 aromatic carbocycles. The Kier molecular flexibility index (Phi) is 5.56. The number of aliphatic hydroxyl groups is 1. The molecule has 0 radical (unpaired) electrons. The Hall–Kier alpha value is -1.82. The number of rotatable bonds is 6. The van der Waals surface area contributed by atoms with Crippen LogP contribution in [0.1, 0.15) is 29.7 Å². The van der Waals surface area contributed by atoms with Gasteiger partial charge in [-0.1, -0.05) is 24.3 Å². The van der Waals surface area contributed by atoms with E-state index in [0.717, 1.165) is 25.1 Å². The number of pyridine rings is 1. The lowest BCUT2D eigenvalue weighted by Crippen LogP contribution is -2.41. The zero-order chi connectivity index (χ0) is 16.9. The van der Waals surface area contributed by atoms with Crippen molar-refractivity contribution in [3.05, 3.63) is 65.2 Å². The smallest absolute Gasteiger partial charge is 0.141 e. The summed E-state index contributed by atoms with van der Waals surface area (Å²) in [5.74, 6) is -0.339. The van der Waals surface area contributed by atoms with E-state index in [1.54, 1.807) is 6.20 Å². The summed E-state index contributed by atoms with van der Waals surface area (Å²) < 4.78 is 13.2. The van der Waals surface area contributed by atoms with Gasteiger partial charge >= 0.3 is 0 Å². The van der Waals surface area contributed by atoms with Crippen LogP contribution < -0.4 is 5.32 Å².